The Kier molecular flexibility index (Phi) is 4.71. The lowest BCUT2D eigenvalue weighted by Crippen LogP contribution is -2.14. The molecule has 0 aliphatic rings. The molecule has 0 unspecified atom stereocenters. The van der Waals surface area contributed by atoms with Crippen molar-refractivity contribution in [1.82, 2.24) is 9.97 Å². The summed E-state index contributed by atoms with van der Waals surface area (Å²) in [4.78, 5) is 32.3. The zero-order chi connectivity index (χ0) is 18.0. The van der Waals surface area contributed by atoms with E-state index in [1.807, 2.05) is 24.3 Å². The van der Waals surface area contributed by atoms with E-state index in [-0.39, 0.29) is 5.56 Å². The van der Waals surface area contributed by atoms with Crippen LogP contribution < -0.4 is 15.6 Å². The van der Waals surface area contributed by atoms with Gasteiger partial charge in [-0.1, -0.05) is 6.07 Å². The van der Waals surface area contributed by atoms with Crippen LogP contribution in [0, 0.1) is 6.92 Å². The van der Waals surface area contributed by atoms with Crippen LogP contribution in [-0.2, 0) is 11.3 Å². The first kappa shape index (κ1) is 17.0. The Balaban J connectivity index is 1.90. The first-order valence-corrected chi connectivity index (χ1v) is 8.33. The second kappa shape index (κ2) is 6.94. The van der Waals surface area contributed by atoms with Gasteiger partial charge in [0.05, 0.1) is 26.2 Å². The van der Waals surface area contributed by atoms with Gasteiger partial charge in [-0.05, 0) is 24.6 Å². The third kappa shape index (κ3) is 3.34. The molecule has 0 radical (unpaired) electrons. The lowest BCUT2D eigenvalue weighted by molar-refractivity contribution is 0.0605. The predicted octanol–water partition coefficient (Wildman–Crippen LogP) is 2.70. The number of methoxy groups -OCH3 is 2. The van der Waals surface area contributed by atoms with Crippen LogP contribution >= 0.6 is 11.3 Å². The van der Waals surface area contributed by atoms with Crippen molar-refractivity contribution < 1.29 is 14.3 Å². The summed E-state index contributed by atoms with van der Waals surface area (Å²) >= 11 is 1.16. The molecule has 0 amide bonds. The van der Waals surface area contributed by atoms with E-state index in [2.05, 4.69) is 15.3 Å². The van der Waals surface area contributed by atoms with E-state index in [1.165, 1.54) is 7.11 Å². The first-order valence-electron chi connectivity index (χ1n) is 7.52. The van der Waals surface area contributed by atoms with Crippen LogP contribution in [0.2, 0.25) is 0 Å². The van der Waals surface area contributed by atoms with Gasteiger partial charge in [0.1, 0.15) is 21.3 Å². The van der Waals surface area contributed by atoms with E-state index < -0.39 is 5.97 Å². The van der Waals surface area contributed by atoms with Crippen LogP contribution in [0.25, 0.3) is 10.2 Å². The van der Waals surface area contributed by atoms with Crippen molar-refractivity contribution in [3.8, 4) is 5.75 Å². The number of H-pyrrole nitrogens is 1. The molecule has 0 fully saturated rings. The number of aromatic amines is 1. The largest absolute Gasteiger partial charge is 0.497 e. The molecule has 0 aliphatic carbocycles. The highest BCUT2D eigenvalue weighted by Gasteiger charge is 2.19. The van der Waals surface area contributed by atoms with Crippen LogP contribution in [0.3, 0.4) is 0 Å². The molecule has 0 bridgehead atoms. The fourth-order valence-electron chi connectivity index (χ4n) is 2.48. The minimum Gasteiger partial charge on any atom is -0.497 e. The average molecular weight is 359 g/mol. The number of thiophene rings is 1. The molecule has 3 rings (SSSR count). The summed E-state index contributed by atoms with van der Waals surface area (Å²) in [7, 11) is 2.91. The number of hydrogen-bond donors (Lipinski definition) is 2. The van der Waals surface area contributed by atoms with Crippen molar-refractivity contribution >= 4 is 33.2 Å². The van der Waals surface area contributed by atoms with Gasteiger partial charge in [0.25, 0.3) is 5.56 Å². The van der Waals surface area contributed by atoms with Gasteiger partial charge in [-0.15, -0.1) is 11.3 Å². The molecule has 1 aromatic carbocycles. The van der Waals surface area contributed by atoms with E-state index in [0.717, 1.165) is 22.8 Å². The number of nitrogens with one attached hydrogen (secondary N) is 2. The Hall–Kier alpha value is -2.87. The van der Waals surface area contributed by atoms with Gasteiger partial charge in [-0.3, -0.25) is 4.79 Å². The fourth-order valence-corrected chi connectivity index (χ4v) is 3.60. The maximum atomic E-state index is 12.4. The Bertz CT molecular complexity index is 993. The summed E-state index contributed by atoms with van der Waals surface area (Å²) in [5, 5.41) is 3.61. The number of aromatic nitrogens is 2. The maximum absolute atomic E-state index is 12.4. The Labute approximate surface area is 147 Å². The molecule has 7 nitrogen and oxygen atoms in total. The molecule has 2 N–H and O–H groups in total. The van der Waals surface area contributed by atoms with Gasteiger partial charge in [0, 0.05) is 11.8 Å². The van der Waals surface area contributed by atoms with Crippen LogP contribution in [0.15, 0.2) is 29.1 Å². The Morgan fingerprint density at radius 2 is 2.16 bits per heavy atom. The topological polar surface area (TPSA) is 93.3 Å². The predicted molar refractivity (Wildman–Crippen MR) is 96.6 cm³/mol. The van der Waals surface area contributed by atoms with E-state index >= 15 is 0 Å². The SMILES string of the molecule is COC(=O)c1sc2nc(CNc3cccc(OC)c3)[nH]c(=O)c2c1C. The Morgan fingerprint density at radius 3 is 2.88 bits per heavy atom. The van der Waals surface area contributed by atoms with E-state index in [4.69, 9.17) is 9.47 Å². The van der Waals surface area contributed by atoms with Gasteiger partial charge >= 0.3 is 5.97 Å². The molecular weight excluding hydrogens is 342 g/mol. The van der Waals surface area contributed by atoms with Gasteiger partial charge in [-0.25, -0.2) is 9.78 Å². The monoisotopic (exact) mass is 359 g/mol. The molecule has 2 aromatic heterocycles. The second-order valence-electron chi connectivity index (χ2n) is 5.33. The number of carbonyl (C=O) groups is 1. The van der Waals surface area contributed by atoms with Gasteiger partial charge in [-0.2, -0.15) is 0 Å². The number of benzene rings is 1. The lowest BCUT2D eigenvalue weighted by atomic mass is 10.2. The van der Waals surface area contributed by atoms with Crippen LogP contribution in [0.5, 0.6) is 5.75 Å². The number of rotatable bonds is 5. The fraction of sp³-hybridized carbons (Fsp3) is 0.235. The van der Waals surface area contributed by atoms with Crippen LogP contribution in [0.4, 0.5) is 5.69 Å². The van der Waals surface area contributed by atoms with Crippen molar-refractivity contribution in [3.05, 3.63) is 50.9 Å². The summed E-state index contributed by atoms with van der Waals surface area (Å²) in [5.74, 6) is 0.757. The quantitative estimate of drug-likeness (QED) is 0.681. The maximum Gasteiger partial charge on any atom is 0.348 e. The lowest BCUT2D eigenvalue weighted by Gasteiger charge is -2.07. The third-order valence-electron chi connectivity index (χ3n) is 3.75. The number of aryl methyl sites for hydroxylation is 1. The molecule has 3 aromatic rings. The molecule has 0 aliphatic heterocycles. The van der Waals surface area contributed by atoms with Crippen molar-refractivity contribution in [3.63, 3.8) is 0 Å². The summed E-state index contributed by atoms with van der Waals surface area (Å²) in [6.45, 7) is 2.05. The Morgan fingerprint density at radius 1 is 1.36 bits per heavy atom. The molecule has 130 valence electrons. The zero-order valence-electron chi connectivity index (χ0n) is 14.0. The van der Waals surface area contributed by atoms with Crippen molar-refractivity contribution in [2.45, 2.75) is 13.5 Å². The highest BCUT2D eigenvalue weighted by Crippen LogP contribution is 2.27. The van der Waals surface area contributed by atoms with Gasteiger partial charge < -0.3 is 19.8 Å². The van der Waals surface area contributed by atoms with Crippen LogP contribution in [-0.4, -0.2) is 30.2 Å². The van der Waals surface area contributed by atoms with Crippen molar-refractivity contribution in [2.75, 3.05) is 19.5 Å². The van der Waals surface area contributed by atoms with Gasteiger partial charge in [0.2, 0.25) is 0 Å². The number of hydrogen-bond acceptors (Lipinski definition) is 7. The number of esters is 1. The molecule has 0 saturated heterocycles. The normalized spacial score (nSPS) is 10.7. The molecule has 0 spiro atoms. The minimum absolute atomic E-state index is 0.267. The standard InChI is InChI=1S/C17H17N3O4S/c1-9-13-15(21)19-12(20-16(13)25-14(9)17(22)24-3)8-18-10-5-4-6-11(7-10)23-2/h4-7,18H,8H2,1-3H3,(H,19,20,21). The second-order valence-corrected chi connectivity index (χ2v) is 6.33. The molecule has 0 atom stereocenters. The molecular formula is C17H17N3O4S. The van der Waals surface area contributed by atoms with Crippen molar-refractivity contribution in [2.24, 2.45) is 0 Å². The molecule has 0 saturated carbocycles. The number of nitrogens with zero attached hydrogens (tertiary/aromatic N) is 1. The van der Waals surface area contributed by atoms with Crippen LogP contribution in [0.1, 0.15) is 21.1 Å². The number of fused-ring (bicyclic) bond motifs is 1. The summed E-state index contributed by atoms with van der Waals surface area (Å²) in [6.07, 6.45) is 0. The highest BCUT2D eigenvalue weighted by atomic mass is 32.1. The number of ether oxygens (including phenoxy) is 2. The molecule has 2 heterocycles. The molecule has 8 heteroatoms. The van der Waals surface area contributed by atoms with E-state index in [1.54, 1.807) is 14.0 Å². The van der Waals surface area contributed by atoms with Crippen molar-refractivity contribution in [1.29, 1.82) is 0 Å². The first-order chi connectivity index (χ1) is 12.0. The number of anilines is 1. The molecule has 25 heavy (non-hydrogen) atoms. The summed E-state index contributed by atoms with van der Waals surface area (Å²) in [5.41, 5.74) is 1.17. The van der Waals surface area contributed by atoms with Gasteiger partial charge in [0.15, 0.2) is 0 Å². The summed E-state index contributed by atoms with van der Waals surface area (Å²) in [6, 6.07) is 7.46. The highest BCUT2D eigenvalue weighted by molar-refractivity contribution is 7.20. The third-order valence-corrected chi connectivity index (χ3v) is 4.92. The van der Waals surface area contributed by atoms with E-state index in [0.29, 0.717) is 33.0 Å². The zero-order valence-corrected chi connectivity index (χ0v) is 14.8. The minimum atomic E-state index is -0.462. The summed E-state index contributed by atoms with van der Waals surface area (Å²) < 4.78 is 9.93. The number of carbonyl (C=O) groups excluding carboxylic acids is 1. The van der Waals surface area contributed by atoms with E-state index in [9.17, 15) is 9.59 Å². The smallest absolute Gasteiger partial charge is 0.348 e. The average Bonchev–Trinajstić information content (AvgIpc) is 2.96.